The molecule has 1 heterocycles. The number of rotatable bonds is 2. The molecule has 0 spiro atoms. The van der Waals surface area contributed by atoms with E-state index in [0.717, 1.165) is 5.39 Å². The van der Waals surface area contributed by atoms with Crippen LogP contribution in [0, 0.1) is 0 Å². The average Bonchev–Trinajstić information content (AvgIpc) is 2.63. The lowest BCUT2D eigenvalue weighted by Crippen LogP contribution is -2.00. The molecule has 0 saturated heterocycles. The molecule has 5 heteroatoms. The molecule has 2 aromatic rings. The zero-order valence-corrected chi connectivity index (χ0v) is 7.44. The van der Waals surface area contributed by atoms with Crippen LogP contribution in [-0.2, 0) is 0 Å². The van der Waals surface area contributed by atoms with Crippen LogP contribution in [0.1, 0.15) is 10.4 Å². The predicted molar refractivity (Wildman–Crippen MR) is 49.6 cm³/mol. The van der Waals surface area contributed by atoms with Gasteiger partial charge in [0.25, 0.3) is 0 Å². The Labute approximate surface area is 79.3 Å². The number of methoxy groups -OCH3 is 1. The van der Waals surface area contributed by atoms with Gasteiger partial charge < -0.3 is 9.84 Å². The van der Waals surface area contributed by atoms with Crippen molar-refractivity contribution in [3.63, 3.8) is 0 Å². The summed E-state index contributed by atoms with van der Waals surface area (Å²) >= 11 is 0. The monoisotopic (exact) mass is 192 g/mol. The van der Waals surface area contributed by atoms with Crippen molar-refractivity contribution in [2.75, 3.05) is 7.11 Å². The Balaban J connectivity index is 2.78. The number of carboxylic acids is 1. The molecule has 0 atom stereocenters. The fraction of sp³-hybridized carbons (Fsp3) is 0.111. The molecule has 0 radical (unpaired) electrons. The first-order valence-corrected chi connectivity index (χ1v) is 3.97. The fourth-order valence-corrected chi connectivity index (χ4v) is 1.37. The molecule has 5 nitrogen and oxygen atoms in total. The van der Waals surface area contributed by atoms with Crippen LogP contribution < -0.4 is 4.74 Å². The van der Waals surface area contributed by atoms with Gasteiger partial charge in [0.05, 0.1) is 13.3 Å². The van der Waals surface area contributed by atoms with Gasteiger partial charge in [-0.25, -0.2) is 4.79 Å². The van der Waals surface area contributed by atoms with Crippen LogP contribution >= 0.6 is 0 Å². The van der Waals surface area contributed by atoms with Gasteiger partial charge in [-0.3, -0.25) is 5.10 Å². The number of aromatic carboxylic acids is 1. The van der Waals surface area contributed by atoms with Gasteiger partial charge in [-0.1, -0.05) is 6.07 Å². The number of benzene rings is 1. The molecule has 14 heavy (non-hydrogen) atoms. The molecule has 72 valence electrons. The van der Waals surface area contributed by atoms with Crippen LogP contribution in [0.25, 0.3) is 10.9 Å². The fourth-order valence-electron chi connectivity index (χ4n) is 1.37. The number of aromatic amines is 1. The van der Waals surface area contributed by atoms with Crippen molar-refractivity contribution >= 4 is 16.9 Å². The number of hydrogen-bond donors (Lipinski definition) is 2. The zero-order chi connectivity index (χ0) is 10.1. The topological polar surface area (TPSA) is 75.2 Å². The Bertz CT molecular complexity index is 490. The molecule has 2 rings (SSSR count). The van der Waals surface area contributed by atoms with E-state index in [4.69, 9.17) is 9.84 Å². The summed E-state index contributed by atoms with van der Waals surface area (Å²) in [7, 11) is 1.43. The van der Waals surface area contributed by atoms with Crippen LogP contribution in [0.3, 0.4) is 0 Å². The first-order valence-electron chi connectivity index (χ1n) is 3.97. The summed E-state index contributed by atoms with van der Waals surface area (Å²) in [6.07, 6.45) is 1.61. The highest BCUT2D eigenvalue weighted by atomic mass is 16.5. The van der Waals surface area contributed by atoms with Gasteiger partial charge >= 0.3 is 5.97 Å². The minimum Gasteiger partial charge on any atom is -0.494 e. The van der Waals surface area contributed by atoms with Crippen molar-refractivity contribution in [1.29, 1.82) is 0 Å². The van der Waals surface area contributed by atoms with E-state index in [2.05, 4.69) is 10.2 Å². The van der Waals surface area contributed by atoms with E-state index in [1.165, 1.54) is 13.2 Å². The molecule has 1 aromatic heterocycles. The smallest absolute Gasteiger partial charge is 0.339 e. The minimum absolute atomic E-state index is 0.129. The van der Waals surface area contributed by atoms with Gasteiger partial charge in [0, 0.05) is 5.39 Å². The standard InChI is InChI=1S/C9H8N2O3/c1-14-8-6(9(12)13)3-2-5-4-10-11-7(5)8/h2-4H,1H3,(H,10,11)(H,12,13). The number of carbonyl (C=O) groups is 1. The lowest BCUT2D eigenvalue weighted by molar-refractivity contribution is 0.0693. The molecule has 0 aliphatic rings. The van der Waals surface area contributed by atoms with Crippen LogP contribution in [0.4, 0.5) is 0 Å². The first kappa shape index (κ1) is 8.55. The minimum atomic E-state index is -1.02. The van der Waals surface area contributed by atoms with E-state index in [9.17, 15) is 4.79 Å². The van der Waals surface area contributed by atoms with Crippen LogP contribution in [0.5, 0.6) is 5.75 Å². The molecule has 0 aliphatic heterocycles. The normalized spacial score (nSPS) is 10.4. The summed E-state index contributed by atoms with van der Waals surface area (Å²) in [6, 6.07) is 3.18. The molecular formula is C9H8N2O3. The van der Waals surface area contributed by atoms with Gasteiger partial charge in [0.15, 0.2) is 5.75 Å². The molecule has 0 amide bonds. The second-order valence-corrected chi connectivity index (χ2v) is 2.79. The third-order valence-corrected chi connectivity index (χ3v) is 2.00. The van der Waals surface area contributed by atoms with Crippen LogP contribution in [-0.4, -0.2) is 28.4 Å². The molecule has 1 aromatic carbocycles. The maximum absolute atomic E-state index is 10.8. The highest BCUT2D eigenvalue weighted by Gasteiger charge is 2.14. The average molecular weight is 192 g/mol. The summed E-state index contributed by atoms with van der Waals surface area (Å²) < 4.78 is 5.03. The third-order valence-electron chi connectivity index (χ3n) is 2.00. The van der Waals surface area contributed by atoms with Gasteiger partial charge in [-0.2, -0.15) is 5.10 Å². The molecule has 0 bridgehead atoms. The van der Waals surface area contributed by atoms with Crippen molar-refractivity contribution in [3.8, 4) is 5.75 Å². The summed E-state index contributed by atoms with van der Waals surface area (Å²) in [5.74, 6) is -0.703. The number of fused-ring (bicyclic) bond motifs is 1. The highest BCUT2D eigenvalue weighted by molar-refractivity contribution is 5.98. The molecule has 0 unspecified atom stereocenters. The molecule has 2 N–H and O–H groups in total. The number of hydrogen-bond acceptors (Lipinski definition) is 3. The lowest BCUT2D eigenvalue weighted by atomic mass is 10.1. The Morgan fingerprint density at radius 1 is 1.57 bits per heavy atom. The third kappa shape index (κ3) is 1.10. The maximum Gasteiger partial charge on any atom is 0.339 e. The Morgan fingerprint density at radius 3 is 3.00 bits per heavy atom. The van der Waals surface area contributed by atoms with E-state index < -0.39 is 5.97 Å². The summed E-state index contributed by atoms with van der Waals surface area (Å²) in [5.41, 5.74) is 0.733. The van der Waals surface area contributed by atoms with E-state index in [-0.39, 0.29) is 5.56 Å². The van der Waals surface area contributed by atoms with E-state index in [1.54, 1.807) is 12.3 Å². The van der Waals surface area contributed by atoms with E-state index in [0.29, 0.717) is 11.3 Å². The molecule has 0 aliphatic carbocycles. The first-order chi connectivity index (χ1) is 6.74. The second kappa shape index (κ2) is 3.02. The van der Waals surface area contributed by atoms with Gasteiger partial charge in [0.2, 0.25) is 0 Å². The second-order valence-electron chi connectivity index (χ2n) is 2.79. The van der Waals surface area contributed by atoms with Crippen LogP contribution in [0.2, 0.25) is 0 Å². The number of ether oxygens (including phenoxy) is 1. The molecule has 0 fully saturated rings. The number of carboxylic acid groups (broad SMARTS) is 1. The van der Waals surface area contributed by atoms with Crippen molar-refractivity contribution < 1.29 is 14.6 Å². The Kier molecular flexibility index (Phi) is 1.85. The summed E-state index contributed by atoms with van der Waals surface area (Å²) in [4.78, 5) is 10.8. The maximum atomic E-state index is 10.8. The van der Waals surface area contributed by atoms with E-state index >= 15 is 0 Å². The number of nitrogens with zero attached hydrogens (tertiary/aromatic N) is 1. The van der Waals surface area contributed by atoms with Crippen LogP contribution in [0.15, 0.2) is 18.3 Å². The molecular weight excluding hydrogens is 184 g/mol. The van der Waals surface area contributed by atoms with Gasteiger partial charge in [-0.05, 0) is 6.07 Å². The van der Waals surface area contributed by atoms with Crippen molar-refractivity contribution in [1.82, 2.24) is 10.2 Å². The lowest BCUT2D eigenvalue weighted by Gasteiger charge is -2.04. The Morgan fingerprint density at radius 2 is 2.36 bits per heavy atom. The summed E-state index contributed by atoms with van der Waals surface area (Å²) in [6.45, 7) is 0. The Hall–Kier alpha value is -2.04. The zero-order valence-electron chi connectivity index (χ0n) is 7.44. The predicted octanol–water partition coefficient (Wildman–Crippen LogP) is 1.27. The number of nitrogens with one attached hydrogen (secondary N) is 1. The quantitative estimate of drug-likeness (QED) is 0.751. The van der Waals surface area contributed by atoms with Crippen molar-refractivity contribution in [2.24, 2.45) is 0 Å². The van der Waals surface area contributed by atoms with E-state index in [1.807, 2.05) is 0 Å². The van der Waals surface area contributed by atoms with Crippen molar-refractivity contribution in [3.05, 3.63) is 23.9 Å². The van der Waals surface area contributed by atoms with Crippen molar-refractivity contribution in [2.45, 2.75) is 0 Å². The van der Waals surface area contributed by atoms with Gasteiger partial charge in [-0.15, -0.1) is 0 Å². The number of H-pyrrole nitrogens is 1. The molecule has 0 saturated carbocycles. The summed E-state index contributed by atoms with van der Waals surface area (Å²) in [5, 5.41) is 16.2. The SMILES string of the molecule is COc1c(C(=O)O)ccc2cn[nH]c12. The highest BCUT2D eigenvalue weighted by Crippen LogP contribution is 2.27. The van der Waals surface area contributed by atoms with Gasteiger partial charge in [0.1, 0.15) is 11.1 Å². The largest absolute Gasteiger partial charge is 0.494 e. The number of aromatic nitrogens is 2.